The smallest absolute Gasteiger partial charge is 0.289 e. The van der Waals surface area contributed by atoms with Gasteiger partial charge in [-0.05, 0) is 30.2 Å². The topological polar surface area (TPSA) is 76.2 Å². The van der Waals surface area contributed by atoms with Crippen LogP contribution in [0.3, 0.4) is 0 Å². The number of carbonyl (C=O) groups excluding carboxylic acids is 3. The molecule has 1 aromatic carbocycles. The maximum Gasteiger partial charge on any atom is 0.289 e. The fourth-order valence-electron chi connectivity index (χ4n) is 3.10. The van der Waals surface area contributed by atoms with Crippen LogP contribution in [0, 0.1) is 0 Å². The van der Waals surface area contributed by atoms with Gasteiger partial charge in [0.25, 0.3) is 5.24 Å². The van der Waals surface area contributed by atoms with Gasteiger partial charge in [0, 0.05) is 19.2 Å². The third-order valence-electron chi connectivity index (χ3n) is 4.45. The van der Waals surface area contributed by atoms with Crippen molar-refractivity contribution in [3.63, 3.8) is 0 Å². The summed E-state index contributed by atoms with van der Waals surface area (Å²) in [5.41, 5.74) is 0.813. The maximum absolute atomic E-state index is 12.4. The Morgan fingerprint density at radius 3 is 2.65 bits per heavy atom. The van der Waals surface area contributed by atoms with E-state index in [2.05, 4.69) is 0 Å². The van der Waals surface area contributed by atoms with E-state index < -0.39 is 0 Å². The van der Waals surface area contributed by atoms with Gasteiger partial charge in [-0.3, -0.25) is 19.3 Å². The van der Waals surface area contributed by atoms with Gasteiger partial charge >= 0.3 is 0 Å². The molecule has 7 nitrogen and oxygen atoms in total. The summed E-state index contributed by atoms with van der Waals surface area (Å²) in [6.45, 7) is 0.911. The lowest BCUT2D eigenvalue weighted by molar-refractivity contribution is -0.128. The SMILES string of the molecule is COc1ccc(/C=C/C(=O)N2CCC(N3C(=O)CSC3=O)C2)cc1OC. The Kier molecular flexibility index (Phi) is 5.51. The van der Waals surface area contributed by atoms with Crippen molar-refractivity contribution >= 4 is 34.9 Å². The normalized spacial score (nSPS) is 20.3. The van der Waals surface area contributed by atoms with E-state index in [1.54, 1.807) is 37.3 Å². The van der Waals surface area contributed by atoms with E-state index in [-0.39, 0.29) is 28.8 Å². The molecule has 1 unspecified atom stereocenters. The summed E-state index contributed by atoms with van der Waals surface area (Å²) in [7, 11) is 3.12. The quantitative estimate of drug-likeness (QED) is 0.732. The first kappa shape index (κ1) is 18.3. The molecule has 0 radical (unpaired) electrons. The van der Waals surface area contributed by atoms with E-state index in [1.165, 1.54) is 11.0 Å². The molecule has 2 aliphatic heterocycles. The van der Waals surface area contributed by atoms with Gasteiger partial charge in [0.1, 0.15) is 0 Å². The molecule has 3 amide bonds. The maximum atomic E-state index is 12.4. The molecule has 8 heteroatoms. The molecule has 0 aliphatic carbocycles. The Morgan fingerprint density at radius 2 is 2.00 bits per heavy atom. The summed E-state index contributed by atoms with van der Waals surface area (Å²) < 4.78 is 10.4. The molecule has 3 rings (SSSR count). The van der Waals surface area contributed by atoms with E-state index in [0.717, 1.165) is 17.3 Å². The van der Waals surface area contributed by atoms with Gasteiger partial charge in [-0.25, -0.2) is 0 Å². The first-order chi connectivity index (χ1) is 12.5. The highest BCUT2D eigenvalue weighted by molar-refractivity contribution is 8.14. The number of carbonyl (C=O) groups is 3. The molecule has 0 N–H and O–H groups in total. The predicted molar refractivity (Wildman–Crippen MR) is 98.3 cm³/mol. The molecule has 2 aliphatic rings. The standard InChI is InChI=1S/C18H20N2O5S/c1-24-14-5-3-12(9-15(14)25-2)4-6-16(21)19-8-7-13(10-19)20-17(22)11-26-18(20)23/h3-6,9,13H,7-8,10-11H2,1-2H3/b6-4+. The number of rotatable bonds is 5. The van der Waals surface area contributed by atoms with E-state index in [1.807, 2.05) is 6.07 Å². The molecule has 0 spiro atoms. The molecule has 1 atom stereocenters. The molecule has 26 heavy (non-hydrogen) atoms. The summed E-state index contributed by atoms with van der Waals surface area (Å²) in [5, 5.41) is -0.213. The van der Waals surface area contributed by atoms with Crippen LogP contribution in [0.4, 0.5) is 4.79 Å². The van der Waals surface area contributed by atoms with Gasteiger partial charge in [-0.2, -0.15) is 0 Å². The van der Waals surface area contributed by atoms with Crippen molar-refractivity contribution in [1.82, 2.24) is 9.80 Å². The van der Waals surface area contributed by atoms with Crippen LogP contribution < -0.4 is 9.47 Å². The number of amides is 3. The van der Waals surface area contributed by atoms with Crippen LogP contribution in [0.15, 0.2) is 24.3 Å². The van der Waals surface area contributed by atoms with Crippen LogP contribution >= 0.6 is 11.8 Å². The van der Waals surface area contributed by atoms with Gasteiger partial charge in [0.05, 0.1) is 26.0 Å². The fraction of sp³-hybridized carbons (Fsp3) is 0.389. The third-order valence-corrected chi connectivity index (χ3v) is 5.29. The van der Waals surface area contributed by atoms with Crippen LogP contribution in [0.2, 0.25) is 0 Å². The molecule has 2 saturated heterocycles. The Bertz CT molecular complexity index is 748. The number of hydrogen-bond acceptors (Lipinski definition) is 6. The third kappa shape index (κ3) is 3.70. The summed E-state index contributed by atoms with van der Waals surface area (Å²) in [6, 6.07) is 5.17. The number of methoxy groups -OCH3 is 2. The van der Waals surface area contributed by atoms with Gasteiger partial charge in [0.15, 0.2) is 11.5 Å². The molecular weight excluding hydrogens is 356 g/mol. The molecular formula is C18H20N2O5S. The molecule has 138 valence electrons. The minimum absolute atomic E-state index is 0.144. The van der Waals surface area contributed by atoms with Gasteiger partial charge in [-0.15, -0.1) is 0 Å². The van der Waals surface area contributed by atoms with E-state index in [9.17, 15) is 14.4 Å². The molecule has 2 heterocycles. The summed E-state index contributed by atoms with van der Waals surface area (Å²) in [6.07, 6.45) is 3.82. The molecule has 0 saturated carbocycles. The van der Waals surface area contributed by atoms with Crippen LogP contribution in [-0.2, 0) is 9.59 Å². The first-order valence-corrected chi connectivity index (χ1v) is 9.20. The number of imide groups is 1. The number of thioether (sulfide) groups is 1. The van der Waals surface area contributed by atoms with Crippen molar-refractivity contribution in [2.24, 2.45) is 0 Å². The Labute approximate surface area is 155 Å². The second-order valence-electron chi connectivity index (χ2n) is 5.99. The van der Waals surface area contributed by atoms with Gasteiger partial charge < -0.3 is 14.4 Å². The number of benzene rings is 1. The second kappa shape index (κ2) is 7.82. The molecule has 0 bridgehead atoms. The highest BCUT2D eigenvalue weighted by Gasteiger charge is 2.39. The van der Waals surface area contributed by atoms with Crippen molar-refractivity contribution in [2.75, 3.05) is 33.1 Å². The average molecular weight is 376 g/mol. The predicted octanol–water partition coefficient (Wildman–Crippen LogP) is 2.01. The molecule has 2 fully saturated rings. The van der Waals surface area contributed by atoms with E-state index in [4.69, 9.17) is 9.47 Å². The van der Waals surface area contributed by atoms with Crippen molar-refractivity contribution in [3.05, 3.63) is 29.8 Å². The van der Waals surface area contributed by atoms with Crippen LogP contribution in [-0.4, -0.2) is 66.0 Å². The Hall–Kier alpha value is -2.48. The van der Waals surface area contributed by atoms with E-state index >= 15 is 0 Å². The number of likely N-dealkylation sites (tertiary alicyclic amines) is 1. The largest absolute Gasteiger partial charge is 0.493 e. The monoisotopic (exact) mass is 376 g/mol. The van der Waals surface area contributed by atoms with Gasteiger partial charge in [0.2, 0.25) is 11.8 Å². The van der Waals surface area contributed by atoms with Crippen LogP contribution in [0.5, 0.6) is 11.5 Å². The zero-order chi connectivity index (χ0) is 18.7. The summed E-state index contributed by atoms with van der Waals surface area (Å²) >= 11 is 1.02. The lowest BCUT2D eigenvalue weighted by atomic mass is 10.2. The second-order valence-corrected chi connectivity index (χ2v) is 6.92. The van der Waals surface area contributed by atoms with E-state index in [0.29, 0.717) is 31.0 Å². The van der Waals surface area contributed by atoms with Crippen molar-refractivity contribution in [2.45, 2.75) is 12.5 Å². The Balaban J connectivity index is 1.63. The molecule has 1 aromatic rings. The van der Waals surface area contributed by atoms with Crippen LogP contribution in [0.1, 0.15) is 12.0 Å². The number of nitrogens with zero attached hydrogens (tertiary/aromatic N) is 2. The van der Waals surface area contributed by atoms with Crippen molar-refractivity contribution in [3.8, 4) is 11.5 Å². The zero-order valence-electron chi connectivity index (χ0n) is 14.6. The first-order valence-electron chi connectivity index (χ1n) is 8.21. The van der Waals surface area contributed by atoms with Gasteiger partial charge in [-0.1, -0.05) is 17.8 Å². The highest BCUT2D eigenvalue weighted by Crippen LogP contribution is 2.28. The summed E-state index contributed by atoms with van der Waals surface area (Å²) in [5.74, 6) is 1.10. The highest BCUT2D eigenvalue weighted by atomic mass is 32.2. The zero-order valence-corrected chi connectivity index (χ0v) is 15.5. The minimum Gasteiger partial charge on any atom is -0.493 e. The number of ether oxygens (including phenoxy) is 2. The number of hydrogen-bond donors (Lipinski definition) is 0. The van der Waals surface area contributed by atoms with Crippen molar-refractivity contribution < 1.29 is 23.9 Å². The fourth-order valence-corrected chi connectivity index (χ4v) is 3.88. The molecule has 0 aromatic heterocycles. The lowest BCUT2D eigenvalue weighted by Crippen LogP contribution is -2.41. The Morgan fingerprint density at radius 1 is 1.23 bits per heavy atom. The lowest BCUT2D eigenvalue weighted by Gasteiger charge is -2.21. The summed E-state index contributed by atoms with van der Waals surface area (Å²) in [4.78, 5) is 39.0. The van der Waals surface area contributed by atoms with Crippen molar-refractivity contribution in [1.29, 1.82) is 0 Å². The average Bonchev–Trinajstić information content (AvgIpc) is 3.25. The van der Waals surface area contributed by atoms with Crippen LogP contribution in [0.25, 0.3) is 6.08 Å². The minimum atomic E-state index is -0.219.